The van der Waals surface area contributed by atoms with Crippen LogP contribution in [0, 0.1) is 0 Å². The summed E-state index contributed by atoms with van der Waals surface area (Å²) in [5.41, 5.74) is 7.17. The number of rotatable bonds is 8. The molecule has 2 rings (SSSR count). The number of urea groups is 1. The summed E-state index contributed by atoms with van der Waals surface area (Å²) < 4.78 is 9.35. The van der Waals surface area contributed by atoms with Gasteiger partial charge >= 0.3 is 18.0 Å². The summed E-state index contributed by atoms with van der Waals surface area (Å²) in [7, 11) is 0. The Kier molecular flexibility index (Phi) is 15.5. The number of primary amides is 1. The molecule has 0 aliphatic heterocycles. The molecule has 0 aromatic heterocycles. The number of carbonyl (C=O) groups excluding carboxylic acids is 5. The fourth-order valence-corrected chi connectivity index (χ4v) is 2.14. The molecule has 10 nitrogen and oxygen atoms in total. The summed E-state index contributed by atoms with van der Waals surface area (Å²) in [4.78, 5) is 54.2. The van der Waals surface area contributed by atoms with Crippen molar-refractivity contribution >= 4 is 29.5 Å². The Balaban J connectivity index is 0.000000517. The molecular formula is C23H29N3O7. The minimum Gasteiger partial charge on any atom is -0.466 e. The van der Waals surface area contributed by atoms with E-state index in [4.69, 9.17) is 0 Å². The maximum Gasteiger partial charge on any atom is 0.326 e. The zero-order valence-electron chi connectivity index (χ0n) is 18.6. The van der Waals surface area contributed by atoms with Crippen LogP contribution in [0.3, 0.4) is 0 Å². The zero-order valence-corrected chi connectivity index (χ0v) is 18.6. The Morgan fingerprint density at radius 2 is 1.00 bits per heavy atom. The number of ether oxygens (including phenoxy) is 2. The van der Waals surface area contributed by atoms with Crippen molar-refractivity contribution in [2.45, 2.75) is 26.7 Å². The average Bonchev–Trinajstić information content (AvgIpc) is 2.81. The van der Waals surface area contributed by atoms with Crippen LogP contribution in [0.25, 0.3) is 0 Å². The highest BCUT2D eigenvalue weighted by molar-refractivity contribution is 6.06. The first-order valence-corrected chi connectivity index (χ1v) is 9.98. The Morgan fingerprint density at radius 3 is 1.24 bits per heavy atom. The number of hydrazine groups is 1. The van der Waals surface area contributed by atoms with Crippen molar-refractivity contribution in [3.63, 3.8) is 0 Å². The first-order chi connectivity index (χ1) is 15.7. The molecule has 33 heavy (non-hydrogen) atoms. The molecular weight excluding hydrogens is 430 g/mol. The lowest BCUT2D eigenvalue weighted by Gasteiger charge is -2.00. The van der Waals surface area contributed by atoms with Gasteiger partial charge in [0.1, 0.15) is 12.8 Å². The smallest absolute Gasteiger partial charge is 0.326 e. The highest BCUT2D eigenvalue weighted by atomic mass is 16.5. The number of nitrogens with one attached hydrogen (secondary N) is 1. The van der Waals surface area contributed by atoms with Crippen LogP contribution in [0.4, 0.5) is 4.79 Å². The molecule has 0 saturated carbocycles. The van der Waals surface area contributed by atoms with Gasteiger partial charge in [-0.2, -0.15) is 0 Å². The van der Waals surface area contributed by atoms with Gasteiger partial charge in [-0.05, 0) is 13.8 Å². The van der Waals surface area contributed by atoms with Crippen molar-refractivity contribution in [1.82, 2.24) is 5.43 Å². The topological polar surface area (TPSA) is 168 Å². The number of benzene rings is 2. The quantitative estimate of drug-likeness (QED) is 0.135. The first-order valence-electron chi connectivity index (χ1n) is 9.98. The minimum absolute atomic E-state index is 0.183. The Morgan fingerprint density at radius 1 is 0.697 bits per heavy atom. The number of ketones is 2. The van der Waals surface area contributed by atoms with E-state index in [1.807, 2.05) is 12.1 Å². The van der Waals surface area contributed by atoms with Crippen LogP contribution in [0.1, 0.15) is 47.4 Å². The molecule has 2 amide bonds. The molecule has 5 N–H and O–H groups in total. The third-order valence-corrected chi connectivity index (χ3v) is 3.55. The van der Waals surface area contributed by atoms with E-state index in [-0.39, 0.29) is 24.4 Å². The van der Waals surface area contributed by atoms with Gasteiger partial charge in [0, 0.05) is 11.1 Å². The highest BCUT2D eigenvalue weighted by Crippen LogP contribution is 2.04. The summed E-state index contributed by atoms with van der Waals surface area (Å²) in [6, 6.07) is 16.7. The monoisotopic (exact) mass is 459 g/mol. The Labute approximate surface area is 192 Å². The van der Waals surface area contributed by atoms with Gasteiger partial charge in [-0.1, -0.05) is 60.7 Å². The number of hydrogen-bond donors (Lipinski definition) is 3. The van der Waals surface area contributed by atoms with E-state index in [1.54, 1.807) is 67.8 Å². The lowest BCUT2D eigenvalue weighted by atomic mass is 10.1. The van der Waals surface area contributed by atoms with Crippen molar-refractivity contribution in [2.24, 2.45) is 11.6 Å². The van der Waals surface area contributed by atoms with Gasteiger partial charge in [0.05, 0.1) is 13.2 Å². The number of nitrogens with two attached hydrogens (primary N) is 2. The van der Waals surface area contributed by atoms with E-state index in [9.17, 15) is 24.0 Å². The van der Waals surface area contributed by atoms with Crippen molar-refractivity contribution in [3.8, 4) is 0 Å². The van der Waals surface area contributed by atoms with E-state index in [2.05, 4.69) is 21.1 Å². The largest absolute Gasteiger partial charge is 0.466 e. The van der Waals surface area contributed by atoms with Gasteiger partial charge in [0.15, 0.2) is 11.6 Å². The Bertz CT molecular complexity index is 820. The maximum absolute atomic E-state index is 11.4. The molecule has 10 heteroatoms. The van der Waals surface area contributed by atoms with E-state index >= 15 is 0 Å². The lowest BCUT2D eigenvalue weighted by Crippen LogP contribution is -2.34. The number of esters is 2. The molecule has 0 aliphatic rings. The van der Waals surface area contributed by atoms with Crippen molar-refractivity contribution in [2.75, 3.05) is 13.2 Å². The average molecular weight is 459 g/mol. The molecule has 0 saturated heterocycles. The van der Waals surface area contributed by atoms with Crippen molar-refractivity contribution in [1.29, 1.82) is 0 Å². The van der Waals surface area contributed by atoms with Crippen LogP contribution in [0.2, 0.25) is 0 Å². The zero-order chi connectivity index (χ0) is 25.1. The van der Waals surface area contributed by atoms with E-state index < -0.39 is 18.0 Å². The summed E-state index contributed by atoms with van der Waals surface area (Å²) >= 11 is 0. The molecule has 0 bridgehead atoms. The van der Waals surface area contributed by atoms with Crippen LogP contribution in [-0.4, -0.2) is 42.7 Å². The predicted molar refractivity (Wildman–Crippen MR) is 121 cm³/mol. The molecule has 0 atom stereocenters. The number of hydrogen-bond acceptors (Lipinski definition) is 8. The van der Waals surface area contributed by atoms with Gasteiger partial charge in [-0.3, -0.25) is 24.6 Å². The normalized spacial score (nSPS) is 9.06. The molecule has 0 radical (unpaired) electrons. The molecule has 0 spiro atoms. The van der Waals surface area contributed by atoms with Crippen LogP contribution < -0.4 is 17.0 Å². The van der Waals surface area contributed by atoms with Gasteiger partial charge in [0.2, 0.25) is 0 Å². The Hall–Kier alpha value is -4.05. The van der Waals surface area contributed by atoms with Gasteiger partial charge in [-0.15, -0.1) is 0 Å². The number of Topliss-reactive ketones (excluding diaryl/α,β-unsaturated/α-hetero) is 2. The van der Waals surface area contributed by atoms with Crippen molar-refractivity contribution in [3.05, 3.63) is 71.8 Å². The predicted octanol–water partition coefficient (Wildman–Crippen LogP) is 2.17. The van der Waals surface area contributed by atoms with Crippen LogP contribution in [-0.2, 0) is 19.1 Å². The standard InChI is InChI=1S/2C11H12O3.CH5N3O/c2*1-2-14-11(13)8-10(12)9-6-4-3-5-7-9;2-1(5)4-3/h2*3-7H,2,8H2,1H3;3H2,(H3,2,4,5). The van der Waals surface area contributed by atoms with Gasteiger partial charge < -0.3 is 15.2 Å². The van der Waals surface area contributed by atoms with E-state index in [1.165, 1.54) is 0 Å². The summed E-state index contributed by atoms with van der Waals surface area (Å²) in [6.45, 7) is 4.04. The SMILES string of the molecule is CCOC(=O)CC(=O)c1ccccc1.CCOC(=O)CC(=O)c1ccccc1.NNC(N)=O. The molecule has 0 unspecified atom stereocenters. The minimum atomic E-state index is -0.718. The molecule has 0 heterocycles. The molecule has 2 aromatic rings. The first kappa shape index (κ1) is 28.9. The van der Waals surface area contributed by atoms with E-state index in [0.717, 1.165) is 0 Å². The van der Waals surface area contributed by atoms with Gasteiger partial charge in [-0.25, -0.2) is 10.6 Å². The fourth-order valence-electron chi connectivity index (χ4n) is 2.14. The third-order valence-electron chi connectivity index (χ3n) is 3.55. The number of amides is 2. The lowest BCUT2D eigenvalue weighted by molar-refractivity contribution is -0.143. The van der Waals surface area contributed by atoms with Gasteiger partial charge in [0.25, 0.3) is 0 Å². The molecule has 178 valence electrons. The second-order valence-electron chi connectivity index (χ2n) is 6.05. The third kappa shape index (κ3) is 14.6. The van der Waals surface area contributed by atoms with Crippen LogP contribution in [0.15, 0.2) is 60.7 Å². The summed E-state index contributed by atoms with van der Waals surface area (Å²) in [6.07, 6.45) is -0.365. The second kappa shape index (κ2) is 17.6. The number of carbonyl (C=O) groups is 5. The maximum atomic E-state index is 11.4. The molecule has 0 fully saturated rings. The molecule has 2 aromatic carbocycles. The summed E-state index contributed by atoms with van der Waals surface area (Å²) in [5.74, 6) is 3.10. The fraction of sp³-hybridized carbons (Fsp3) is 0.261. The van der Waals surface area contributed by atoms with Crippen LogP contribution >= 0.6 is 0 Å². The van der Waals surface area contributed by atoms with Crippen LogP contribution in [0.5, 0.6) is 0 Å². The van der Waals surface area contributed by atoms with E-state index in [0.29, 0.717) is 24.3 Å². The summed E-state index contributed by atoms with van der Waals surface area (Å²) in [5, 5.41) is 0. The van der Waals surface area contributed by atoms with Crippen molar-refractivity contribution < 1.29 is 33.4 Å². The highest BCUT2D eigenvalue weighted by Gasteiger charge is 2.12. The second-order valence-corrected chi connectivity index (χ2v) is 6.05. The molecule has 0 aliphatic carbocycles.